The molecule has 1 aliphatic rings. The number of ether oxygens (including phenoxy) is 1. The van der Waals surface area contributed by atoms with Crippen LogP contribution in [0.3, 0.4) is 0 Å². The van der Waals surface area contributed by atoms with E-state index in [-0.39, 0.29) is 17.8 Å². The molecule has 27 heavy (non-hydrogen) atoms. The number of hydrogen-bond acceptors (Lipinski definition) is 3. The van der Waals surface area contributed by atoms with E-state index in [4.69, 9.17) is 16.3 Å². The van der Waals surface area contributed by atoms with E-state index in [2.05, 4.69) is 10.3 Å². The molecule has 2 aromatic rings. The second-order valence-electron chi connectivity index (χ2n) is 6.50. The van der Waals surface area contributed by atoms with Crippen molar-refractivity contribution in [2.45, 2.75) is 13.3 Å². The van der Waals surface area contributed by atoms with Gasteiger partial charge in [0.25, 0.3) is 0 Å². The van der Waals surface area contributed by atoms with Gasteiger partial charge in [-0.3, -0.25) is 0 Å². The highest BCUT2D eigenvalue weighted by molar-refractivity contribution is 6.30. The molecule has 142 valence electrons. The number of halogens is 2. The Hall–Kier alpha value is -2.60. The van der Waals surface area contributed by atoms with Crippen LogP contribution in [0.15, 0.2) is 42.1 Å². The number of pyridine rings is 1. The van der Waals surface area contributed by atoms with E-state index in [1.807, 2.05) is 13.0 Å². The highest BCUT2D eigenvalue weighted by Gasteiger charge is 2.24. The minimum absolute atomic E-state index is 0.122. The summed E-state index contributed by atoms with van der Waals surface area (Å²) in [5, 5.41) is 3.34. The highest BCUT2D eigenvalue weighted by atomic mass is 35.5. The lowest BCUT2D eigenvalue weighted by Crippen LogP contribution is -2.42. The van der Waals surface area contributed by atoms with Crippen molar-refractivity contribution < 1.29 is 13.9 Å². The second kappa shape index (κ2) is 8.39. The number of nitrogens with one attached hydrogen (secondary N) is 1. The van der Waals surface area contributed by atoms with Crippen molar-refractivity contribution in [1.82, 2.24) is 9.88 Å². The quantitative estimate of drug-likeness (QED) is 0.817. The number of benzene rings is 1. The molecule has 1 saturated heterocycles. The zero-order valence-electron chi connectivity index (χ0n) is 15.2. The van der Waals surface area contributed by atoms with Gasteiger partial charge in [-0.25, -0.2) is 14.2 Å². The van der Waals surface area contributed by atoms with Gasteiger partial charge < -0.3 is 15.0 Å². The van der Waals surface area contributed by atoms with Gasteiger partial charge in [-0.05, 0) is 36.6 Å². The normalized spacial score (nSPS) is 18.4. The Labute approximate surface area is 162 Å². The van der Waals surface area contributed by atoms with Crippen LogP contribution in [0, 0.1) is 11.7 Å². The van der Waals surface area contributed by atoms with Gasteiger partial charge in [-0.2, -0.15) is 0 Å². The van der Waals surface area contributed by atoms with Gasteiger partial charge in [-0.15, -0.1) is 0 Å². The van der Waals surface area contributed by atoms with Gasteiger partial charge in [0.2, 0.25) is 5.88 Å². The number of anilines is 1. The average Bonchev–Trinajstić information content (AvgIpc) is 2.66. The Morgan fingerprint density at radius 1 is 1.41 bits per heavy atom. The van der Waals surface area contributed by atoms with Gasteiger partial charge in [0, 0.05) is 29.7 Å². The molecule has 1 N–H and O–H groups in total. The number of aromatic nitrogens is 1. The van der Waals surface area contributed by atoms with Crippen LogP contribution in [0.25, 0.3) is 6.08 Å². The van der Waals surface area contributed by atoms with E-state index in [1.54, 1.807) is 29.3 Å². The summed E-state index contributed by atoms with van der Waals surface area (Å²) in [5.41, 5.74) is 2.19. The first-order valence-electron chi connectivity index (χ1n) is 8.67. The van der Waals surface area contributed by atoms with Crippen LogP contribution in [0.5, 0.6) is 5.88 Å². The molecule has 2 heterocycles. The second-order valence-corrected chi connectivity index (χ2v) is 6.94. The SMILES string of the molecule is COc1ccc(NC(=O)N2CC/C(=C\c3cc(Cl)ccc3F)C(C)C2)cn1. The molecule has 0 spiro atoms. The molecule has 1 unspecified atom stereocenters. The van der Waals surface area contributed by atoms with Gasteiger partial charge in [0.1, 0.15) is 5.82 Å². The van der Waals surface area contributed by atoms with Crippen molar-refractivity contribution in [2.75, 3.05) is 25.5 Å². The molecule has 2 amide bonds. The van der Waals surface area contributed by atoms with Crippen LogP contribution in [0.1, 0.15) is 18.9 Å². The number of amides is 2. The van der Waals surface area contributed by atoms with E-state index < -0.39 is 0 Å². The third kappa shape index (κ3) is 4.77. The summed E-state index contributed by atoms with van der Waals surface area (Å²) < 4.78 is 19.0. The monoisotopic (exact) mass is 389 g/mol. The number of piperidine rings is 1. The minimum Gasteiger partial charge on any atom is -0.481 e. The fraction of sp³-hybridized carbons (Fsp3) is 0.300. The number of hydrogen-bond donors (Lipinski definition) is 1. The molecule has 7 heteroatoms. The molecule has 5 nitrogen and oxygen atoms in total. The third-order valence-corrected chi connectivity index (χ3v) is 4.82. The molecule has 1 atom stereocenters. The number of carbonyl (C=O) groups excluding carboxylic acids is 1. The predicted molar refractivity (Wildman–Crippen MR) is 105 cm³/mol. The van der Waals surface area contributed by atoms with Crippen LogP contribution in [-0.2, 0) is 0 Å². The van der Waals surface area contributed by atoms with Crippen molar-refractivity contribution in [1.29, 1.82) is 0 Å². The van der Waals surface area contributed by atoms with Gasteiger partial charge in [0.05, 0.1) is 19.0 Å². The maximum Gasteiger partial charge on any atom is 0.321 e. The zero-order valence-corrected chi connectivity index (χ0v) is 16.0. The molecule has 1 fully saturated rings. The van der Waals surface area contributed by atoms with Crippen molar-refractivity contribution in [3.63, 3.8) is 0 Å². The molecule has 0 radical (unpaired) electrons. The number of rotatable bonds is 3. The topological polar surface area (TPSA) is 54.5 Å². The molecule has 0 saturated carbocycles. The maximum atomic E-state index is 14.0. The minimum atomic E-state index is -0.300. The first kappa shape index (κ1) is 19.2. The van der Waals surface area contributed by atoms with Crippen molar-refractivity contribution >= 4 is 29.4 Å². The highest BCUT2D eigenvalue weighted by Crippen LogP contribution is 2.27. The van der Waals surface area contributed by atoms with Gasteiger partial charge >= 0.3 is 6.03 Å². The smallest absolute Gasteiger partial charge is 0.321 e. The summed E-state index contributed by atoms with van der Waals surface area (Å²) >= 11 is 5.96. The Bertz CT molecular complexity index is 855. The van der Waals surface area contributed by atoms with Gasteiger partial charge in [0.15, 0.2) is 0 Å². The first-order chi connectivity index (χ1) is 13.0. The summed E-state index contributed by atoms with van der Waals surface area (Å²) in [6.07, 6.45) is 4.08. The molecular weight excluding hydrogens is 369 g/mol. The summed E-state index contributed by atoms with van der Waals surface area (Å²) in [6, 6.07) is 7.77. The third-order valence-electron chi connectivity index (χ3n) is 4.58. The van der Waals surface area contributed by atoms with Crippen LogP contribution in [-0.4, -0.2) is 36.1 Å². The number of urea groups is 1. The van der Waals surface area contributed by atoms with E-state index in [0.29, 0.717) is 41.7 Å². The van der Waals surface area contributed by atoms with Gasteiger partial charge in [-0.1, -0.05) is 30.2 Å². The van der Waals surface area contributed by atoms with E-state index >= 15 is 0 Å². The van der Waals surface area contributed by atoms with Crippen molar-refractivity contribution in [3.05, 3.63) is 58.5 Å². The standard InChI is InChI=1S/C20H21ClFN3O2/c1-13-12-25(20(26)24-17-4-6-19(27-2)23-11-17)8-7-14(13)9-15-10-16(21)3-5-18(15)22/h3-6,9-11,13H,7-8,12H2,1-2H3,(H,24,26)/b14-9+. The van der Waals surface area contributed by atoms with E-state index in [1.165, 1.54) is 19.2 Å². The fourth-order valence-electron chi connectivity index (χ4n) is 3.05. The van der Waals surface area contributed by atoms with Crippen molar-refractivity contribution in [3.8, 4) is 5.88 Å². The first-order valence-corrected chi connectivity index (χ1v) is 9.05. The number of carbonyl (C=O) groups is 1. The largest absolute Gasteiger partial charge is 0.481 e. The van der Waals surface area contributed by atoms with Crippen LogP contribution in [0.2, 0.25) is 5.02 Å². The van der Waals surface area contributed by atoms with Crippen LogP contribution >= 0.6 is 11.6 Å². The van der Waals surface area contributed by atoms with Crippen LogP contribution in [0.4, 0.5) is 14.9 Å². The summed E-state index contributed by atoms with van der Waals surface area (Å²) in [7, 11) is 1.54. The van der Waals surface area contributed by atoms with E-state index in [9.17, 15) is 9.18 Å². The molecule has 1 aliphatic heterocycles. The molecule has 0 aliphatic carbocycles. The summed E-state index contributed by atoms with van der Waals surface area (Å²) in [6.45, 7) is 3.15. The Kier molecular flexibility index (Phi) is 5.96. The Morgan fingerprint density at radius 2 is 2.22 bits per heavy atom. The summed E-state index contributed by atoms with van der Waals surface area (Å²) in [4.78, 5) is 18.3. The predicted octanol–water partition coefficient (Wildman–Crippen LogP) is 4.84. The number of methoxy groups -OCH3 is 1. The Balaban J connectivity index is 1.64. The van der Waals surface area contributed by atoms with Crippen molar-refractivity contribution in [2.24, 2.45) is 5.92 Å². The maximum absolute atomic E-state index is 14.0. The fourth-order valence-corrected chi connectivity index (χ4v) is 3.23. The molecular formula is C20H21ClFN3O2. The van der Waals surface area contributed by atoms with E-state index in [0.717, 1.165) is 5.57 Å². The molecule has 1 aromatic carbocycles. The zero-order chi connectivity index (χ0) is 19.4. The number of nitrogens with zero attached hydrogens (tertiary/aromatic N) is 2. The summed E-state index contributed by atoms with van der Waals surface area (Å²) in [5.74, 6) is 0.311. The molecule has 0 bridgehead atoms. The molecule has 1 aromatic heterocycles. The average molecular weight is 390 g/mol. The molecule has 3 rings (SSSR count). The lowest BCUT2D eigenvalue weighted by Gasteiger charge is -2.33. The van der Waals surface area contributed by atoms with Crippen LogP contribution < -0.4 is 10.1 Å². The lowest BCUT2D eigenvalue weighted by molar-refractivity contribution is 0.198. The lowest BCUT2D eigenvalue weighted by atomic mass is 9.91. The number of likely N-dealkylation sites (tertiary alicyclic amines) is 1. The Morgan fingerprint density at radius 3 is 2.89 bits per heavy atom.